The van der Waals surface area contributed by atoms with E-state index in [9.17, 15) is 50.8 Å². The van der Waals surface area contributed by atoms with Gasteiger partial charge in [0.15, 0.2) is 23.5 Å². The monoisotopic (exact) mass is 760 g/mol. The van der Waals surface area contributed by atoms with Crippen LogP contribution in [0, 0.1) is 0 Å². The summed E-state index contributed by atoms with van der Waals surface area (Å²) in [5.41, 5.74) is -0.523. The molecule has 4 aromatic rings. The summed E-state index contributed by atoms with van der Waals surface area (Å²) in [6, 6.07) is 10.3. The summed E-state index contributed by atoms with van der Waals surface area (Å²) in [5.74, 6) is -2.05. The van der Waals surface area contributed by atoms with Gasteiger partial charge in [-0.25, -0.2) is 0 Å². The summed E-state index contributed by atoms with van der Waals surface area (Å²) >= 11 is 0. The van der Waals surface area contributed by atoms with Crippen molar-refractivity contribution in [2.75, 3.05) is 20.8 Å². The Morgan fingerprint density at radius 1 is 0.722 bits per heavy atom. The van der Waals surface area contributed by atoms with Crippen LogP contribution in [0.1, 0.15) is 12.5 Å². The number of aromatic hydroxyl groups is 4. The Balaban J connectivity index is 1.21. The highest BCUT2D eigenvalue weighted by Crippen LogP contribution is 2.39. The second-order valence-corrected chi connectivity index (χ2v) is 12.8. The maximum atomic E-state index is 13.8. The largest absolute Gasteiger partial charge is 0.508 e. The van der Waals surface area contributed by atoms with Gasteiger partial charge in [-0.15, -0.1) is 0 Å². The normalized spacial score (nSPS) is 28.5. The number of benzene rings is 3. The summed E-state index contributed by atoms with van der Waals surface area (Å²) in [4.78, 5) is 13.8. The first kappa shape index (κ1) is 38.8. The molecule has 10 atom stereocenters. The molecule has 292 valence electrons. The van der Waals surface area contributed by atoms with Crippen molar-refractivity contribution in [2.24, 2.45) is 0 Å². The van der Waals surface area contributed by atoms with Gasteiger partial charge in [-0.05, 0) is 48.9 Å². The van der Waals surface area contributed by atoms with E-state index >= 15 is 0 Å². The minimum absolute atomic E-state index is 0.104. The Morgan fingerprint density at radius 3 is 2.04 bits per heavy atom. The van der Waals surface area contributed by atoms with Crippen LogP contribution in [0.4, 0.5) is 0 Å². The van der Waals surface area contributed by atoms with E-state index in [1.165, 1.54) is 57.5 Å². The second kappa shape index (κ2) is 15.8. The zero-order chi connectivity index (χ0) is 39.0. The first-order valence-corrected chi connectivity index (χ1v) is 16.6. The molecule has 18 heteroatoms. The zero-order valence-corrected chi connectivity index (χ0v) is 29.0. The molecule has 2 fully saturated rings. The van der Waals surface area contributed by atoms with Gasteiger partial charge in [0.05, 0.1) is 33.5 Å². The third kappa shape index (κ3) is 7.56. The minimum Gasteiger partial charge on any atom is -0.508 e. The summed E-state index contributed by atoms with van der Waals surface area (Å²) in [6.45, 7) is 0.740. The molecule has 0 amide bonds. The molecule has 9 N–H and O–H groups in total. The Hall–Kier alpha value is -4.89. The Bertz CT molecular complexity index is 1970. The Labute approximate surface area is 306 Å². The Morgan fingerprint density at radius 2 is 1.39 bits per heavy atom. The quantitative estimate of drug-likeness (QED) is 0.101. The number of aliphatic hydroxyl groups excluding tert-OH is 5. The number of phenolic OH excluding ortho intramolecular Hbond substituents is 4. The molecule has 3 heterocycles. The lowest BCUT2D eigenvalue weighted by atomic mass is 9.98. The van der Waals surface area contributed by atoms with Gasteiger partial charge in [0.2, 0.25) is 23.2 Å². The SMILES string of the molecule is COc1cc(CO[C@@H]2[C@@H](O)[C@H](C)O[C@@H](OC[C@H]3O[C@@H](Oc4c(-c5ccc(O)cc5)oc5cc(O)cc(O)c5c4=O)[C@H](O)[C@@H](O)[C@H]3O)[C@@H]2O)cc(OC)c1O. The molecule has 54 heavy (non-hydrogen) atoms. The molecule has 0 saturated carbocycles. The van der Waals surface area contributed by atoms with Crippen LogP contribution < -0.4 is 19.6 Å². The molecular weight excluding hydrogens is 720 g/mol. The van der Waals surface area contributed by atoms with E-state index in [4.69, 9.17) is 37.6 Å². The molecule has 0 unspecified atom stereocenters. The third-order valence-corrected chi connectivity index (χ3v) is 9.14. The van der Waals surface area contributed by atoms with E-state index < -0.39 is 96.1 Å². The fourth-order valence-corrected chi connectivity index (χ4v) is 6.19. The van der Waals surface area contributed by atoms with Crippen LogP contribution in [-0.4, -0.2) is 128 Å². The predicted octanol–water partition coefficient (Wildman–Crippen LogP) is 0.555. The van der Waals surface area contributed by atoms with Crippen molar-refractivity contribution in [2.45, 2.75) is 74.9 Å². The number of hydrogen-bond donors (Lipinski definition) is 9. The topological polar surface area (TPSA) is 277 Å². The number of ether oxygens (including phenoxy) is 7. The van der Waals surface area contributed by atoms with Crippen LogP contribution in [0.2, 0.25) is 0 Å². The number of aliphatic hydroxyl groups is 5. The van der Waals surface area contributed by atoms with E-state index in [2.05, 4.69) is 0 Å². The molecule has 0 spiro atoms. The van der Waals surface area contributed by atoms with Crippen molar-refractivity contribution in [3.05, 3.63) is 64.3 Å². The average Bonchev–Trinajstić information content (AvgIpc) is 3.14. The molecule has 2 aliphatic heterocycles. The number of fused-ring (bicyclic) bond motifs is 1. The molecule has 2 saturated heterocycles. The lowest BCUT2D eigenvalue weighted by Gasteiger charge is -2.43. The van der Waals surface area contributed by atoms with Crippen LogP contribution >= 0.6 is 0 Å². The van der Waals surface area contributed by atoms with Gasteiger partial charge < -0.3 is 83.5 Å². The van der Waals surface area contributed by atoms with Crippen molar-refractivity contribution in [1.82, 2.24) is 0 Å². The van der Waals surface area contributed by atoms with Crippen LogP contribution in [0.15, 0.2) is 57.7 Å². The highest BCUT2D eigenvalue weighted by atomic mass is 16.7. The summed E-state index contributed by atoms with van der Waals surface area (Å²) in [7, 11) is 2.70. The van der Waals surface area contributed by atoms with Gasteiger partial charge in [0.1, 0.15) is 70.9 Å². The maximum absolute atomic E-state index is 13.8. The summed E-state index contributed by atoms with van der Waals surface area (Å²) in [6.07, 6.45) is -15.6. The maximum Gasteiger partial charge on any atom is 0.239 e. The van der Waals surface area contributed by atoms with Gasteiger partial charge >= 0.3 is 0 Å². The number of rotatable bonds is 11. The van der Waals surface area contributed by atoms with Crippen molar-refractivity contribution in [3.63, 3.8) is 0 Å². The van der Waals surface area contributed by atoms with E-state index in [1.54, 1.807) is 0 Å². The molecule has 3 aromatic carbocycles. The van der Waals surface area contributed by atoms with E-state index in [-0.39, 0.29) is 46.5 Å². The van der Waals surface area contributed by atoms with Gasteiger partial charge in [0.25, 0.3) is 0 Å². The number of phenols is 4. The lowest BCUT2D eigenvalue weighted by molar-refractivity contribution is -0.323. The van der Waals surface area contributed by atoms with Gasteiger partial charge in [-0.1, -0.05) is 0 Å². The summed E-state index contributed by atoms with van der Waals surface area (Å²) < 4.78 is 45.1. The third-order valence-electron chi connectivity index (χ3n) is 9.14. The molecule has 2 aliphatic rings. The molecule has 0 bridgehead atoms. The summed E-state index contributed by atoms with van der Waals surface area (Å²) in [5, 5.41) is 94.6. The van der Waals surface area contributed by atoms with Crippen LogP contribution in [0.25, 0.3) is 22.3 Å². The predicted molar refractivity (Wildman–Crippen MR) is 182 cm³/mol. The highest BCUT2D eigenvalue weighted by molar-refractivity contribution is 5.88. The minimum atomic E-state index is -1.95. The standard InChI is InChI=1S/C36H40O18/c1-14-25(40)33(49-12-15-8-21(47-2)26(41)22(9-15)48-3)31(46)35(51-14)50-13-23-27(42)29(44)30(45)36(53-23)54-34-28(43)24-19(39)10-18(38)11-20(24)52-32(34)16-4-6-17(37)7-5-16/h4-11,14,23,25,27,29-31,33,35-42,44-46H,12-13H2,1-3H3/t14-,23+,25-,27-,29-,30+,31+,33+,35+,36-/m0/s1. The van der Waals surface area contributed by atoms with Crippen molar-refractivity contribution in [3.8, 4) is 51.6 Å². The molecule has 0 radical (unpaired) electrons. The van der Waals surface area contributed by atoms with E-state index in [1.807, 2.05) is 0 Å². The van der Waals surface area contributed by atoms with Gasteiger partial charge in [0, 0.05) is 17.7 Å². The first-order valence-electron chi connectivity index (χ1n) is 16.6. The smallest absolute Gasteiger partial charge is 0.239 e. The highest BCUT2D eigenvalue weighted by Gasteiger charge is 2.48. The van der Waals surface area contributed by atoms with Crippen LogP contribution in [0.3, 0.4) is 0 Å². The number of hydrogen-bond acceptors (Lipinski definition) is 18. The van der Waals surface area contributed by atoms with Gasteiger partial charge in [-0.2, -0.15) is 0 Å². The molecular formula is C36H40O18. The molecule has 1 aromatic heterocycles. The fourth-order valence-electron chi connectivity index (χ4n) is 6.19. The van der Waals surface area contributed by atoms with Crippen LogP contribution in [-0.2, 0) is 25.6 Å². The van der Waals surface area contributed by atoms with Crippen molar-refractivity contribution >= 4 is 11.0 Å². The fraction of sp³-hybridized carbons (Fsp3) is 0.417. The van der Waals surface area contributed by atoms with Crippen molar-refractivity contribution < 1.29 is 83.5 Å². The molecule has 6 rings (SSSR count). The zero-order valence-electron chi connectivity index (χ0n) is 29.0. The lowest BCUT2D eigenvalue weighted by Crippen LogP contribution is -2.62. The average molecular weight is 761 g/mol. The van der Waals surface area contributed by atoms with Crippen LogP contribution in [0.5, 0.6) is 40.2 Å². The molecule has 0 aliphatic carbocycles. The second-order valence-electron chi connectivity index (χ2n) is 12.8. The number of methoxy groups -OCH3 is 2. The first-order chi connectivity index (χ1) is 25.7. The van der Waals surface area contributed by atoms with E-state index in [0.29, 0.717) is 5.56 Å². The Kier molecular flexibility index (Phi) is 11.4. The van der Waals surface area contributed by atoms with Gasteiger partial charge in [-0.3, -0.25) is 4.79 Å². The molecule has 18 nitrogen and oxygen atoms in total. The van der Waals surface area contributed by atoms with Crippen molar-refractivity contribution in [1.29, 1.82) is 0 Å². The van der Waals surface area contributed by atoms with E-state index in [0.717, 1.165) is 12.1 Å².